The molecule has 0 bridgehead atoms. The highest BCUT2D eigenvalue weighted by atomic mass is 15.2. The lowest BCUT2D eigenvalue weighted by Gasteiger charge is -2.46. The number of fused-ring (bicyclic) bond motifs is 3. The summed E-state index contributed by atoms with van der Waals surface area (Å²) in [5, 5.41) is 0. The number of nitrogens with zero attached hydrogens (tertiary/aromatic N) is 1. The van der Waals surface area contributed by atoms with Gasteiger partial charge in [0, 0.05) is 12.6 Å². The third-order valence-electron chi connectivity index (χ3n) is 6.10. The van der Waals surface area contributed by atoms with E-state index in [1.807, 2.05) is 0 Å². The Morgan fingerprint density at radius 2 is 1.75 bits per heavy atom. The monoisotopic (exact) mass is 269 g/mol. The van der Waals surface area contributed by atoms with Crippen molar-refractivity contribution in [1.82, 2.24) is 4.90 Å². The first-order valence-electron chi connectivity index (χ1n) is 8.73. The maximum absolute atomic E-state index is 2.86. The fraction of sp³-hybridized carbons (Fsp3) is 0.684. The van der Waals surface area contributed by atoms with Gasteiger partial charge in [-0.2, -0.15) is 0 Å². The van der Waals surface area contributed by atoms with Gasteiger partial charge in [0.05, 0.1) is 0 Å². The van der Waals surface area contributed by atoms with E-state index in [9.17, 15) is 0 Å². The van der Waals surface area contributed by atoms with Gasteiger partial charge in [-0.05, 0) is 61.6 Å². The van der Waals surface area contributed by atoms with Gasteiger partial charge >= 0.3 is 0 Å². The number of rotatable bonds is 1. The summed E-state index contributed by atoms with van der Waals surface area (Å²) in [5.74, 6) is 1.79. The van der Waals surface area contributed by atoms with E-state index in [4.69, 9.17) is 0 Å². The Morgan fingerprint density at radius 3 is 2.65 bits per heavy atom. The average molecular weight is 269 g/mol. The molecule has 4 rings (SSSR count). The van der Waals surface area contributed by atoms with E-state index in [2.05, 4.69) is 29.2 Å². The molecule has 1 aliphatic heterocycles. The molecule has 0 radical (unpaired) electrons. The minimum atomic E-state index is 0.861. The average Bonchev–Trinajstić information content (AvgIpc) is 2.55. The van der Waals surface area contributed by atoms with E-state index in [0.29, 0.717) is 0 Å². The predicted octanol–water partition coefficient (Wildman–Crippen LogP) is 4.37. The number of benzene rings is 1. The molecule has 2 fully saturated rings. The normalized spacial score (nSPS) is 31.6. The lowest BCUT2D eigenvalue weighted by Crippen LogP contribution is -2.47. The summed E-state index contributed by atoms with van der Waals surface area (Å²) in [6.07, 6.45) is 11.5. The molecular weight excluding hydrogens is 242 g/mol. The van der Waals surface area contributed by atoms with Crippen LogP contribution in [0.1, 0.15) is 62.0 Å². The van der Waals surface area contributed by atoms with Crippen molar-refractivity contribution in [2.45, 2.75) is 63.3 Å². The first-order valence-corrected chi connectivity index (χ1v) is 8.73. The van der Waals surface area contributed by atoms with Gasteiger partial charge in [-0.15, -0.1) is 0 Å². The molecule has 1 heteroatoms. The zero-order valence-corrected chi connectivity index (χ0v) is 12.6. The molecule has 1 aromatic carbocycles. The summed E-state index contributed by atoms with van der Waals surface area (Å²) in [6.45, 7) is 2.73. The van der Waals surface area contributed by atoms with Crippen molar-refractivity contribution in [3.8, 4) is 0 Å². The Balaban J connectivity index is 1.49. The van der Waals surface area contributed by atoms with Gasteiger partial charge in [0.25, 0.3) is 0 Å². The van der Waals surface area contributed by atoms with Crippen molar-refractivity contribution in [2.24, 2.45) is 5.92 Å². The van der Waals surface area contributed by atoms with E-state index in [0.717, 1.165) is 17.9 Å². The lowest BCUT2D eigenvalue weighted by molar-refractivity contribution is 0.0791. The standard InChI is InChI=1S/C19H27N/c1-2-7-17(8-3-1)20-13-12-19-16(14-20)11-10-15-6-4-5-9-18(15)19/h4-6,9,16-17,19H,1-3,7-8,10-14H2. The highest BCUT2D eigenvalue weighted by Crippen LogP contribution is 2.42. The van der Waals surface area contributed by atoms with Gasteiger partial charge in [-0.25, -0.2) is 0 Å². The summed E-state index contributed by atoms with van der Waals surface area (Å²) in [7, 11) is 0. The Kier molecular flexibility index (Phi) is 3.56. The van der Waals surface area contributed by atoms with Crippen LogP contribution < -0.4 is 0 Å². The Hall–Kier alpha value is -0.820. The van der Waals surface area contributed by atoms with Gasteiger partial charge in [0.2, 0.25) is 0 Å². The Labute approximate surface area is 123 Å². The molecule has 3 aliphatic rings. The highest BCUT2D eigenvalue weighted by molar-refractivity contribution is 5.34. The van der Waals surface area contributed by atoms with Crippen LogP contribution in [0.25, 0.3) is 0 Å². The second-order valence-electron chi connectivity index (χ2n) is 7.18. The molecule has 20 heavy (non-hydrogen) atoms. The summed E-state index contributed by atoms with van der Waals surface area (Å²) >= 11 is 0. The molecule has 108 valence electrons. The maximum Gasteiger partial charge on any atom is 0.00953 e. The highest BCUT2D eigenvalue weighted by Gasteiger charge is 2.36. The topological polar surface area (TPSA) is 3.24 Å². The van der Waals surface area contributed by atoms with Crippen LogP contribution in [-0.4, -0.2) is 24.0 Å². The van der Waals surface area contributed by atoms with Crippen LogP contribution >= 0.6 is 0 Å². The van der Waals surface area contributed by atoms with E-state index < -0.39 is 0 Å². The molecule has 2 atom stereocenters. The first kappa shape index (κ1) is 12.9. The van der Waals surface area contributed by atoms with Crippen molar-refractivity contribution in [3.05, 3.63) is 35.4 Å². The minimum Gasteiger partial charge on any atom is -0.300 e. The predicted molar refractivity (Wildman–Crippen MR) is 84.1 cm³/mol. The second kappa shape index (κ2) is 5.52. The first-order chi connectivity index (χ1) is 9.92. The molecule has 0 aromatic heterocycles. The third-order valence-corrected chi connectivity index (χ3v) is 6.10. The SMILES string of the molecule is c1ccc2c(c1)CCC1CN(C3CCCCC3)CCC21. The summed E-state index contributed by atoms with van der Waals surface area (Å²) < 4.78 is 0. The largest absolute Gasteiger partial charge is 0.300 e. The molecule has 2 unspecified atom stereocenters. The molecular formula is C19H27N. The number of piperidine rings is 1. The van der Waals surface area contributed by atoms with Crippen LogP contribution in [0, 0.1) is 5.92 Å². The fourth-order valence-electron chi connectivity index (χ4n) is 5.00. The summed E-state index contributed by atoms with van der Waals surface area (Å²) in [6, 6.07) is 10.1. The van der Waals surface area contributed by atoms with Crippen molar-refractivity contribution >= 4 is 0 Å². The molecule has 1 heterocycles. The van der Waals surface area contributed by atoms with E-state index in [1.54, 1.807) is 11.1 Å². The molecule has 1 nitrogen and oxygen atoms in total. The van der Waals surface area contributed by atoms with Crippen LogP contribution in [-0.2, 0) is 6.42 Å². The lowest BCUT2D eigenvalue weighted by atomic mass is 9.71. The zero-order chi connectivity index (χ0) is 13.4. The molecule has 0 spiro atoms. The van der Waals surface area contributed by atoms with Crippen molar-refractivity contribution in [3.63, 3.8) is 0 Å². The van der Waals surface area contributed by atoms with Crippen molar-refractivity contribution in [2.75, 3.05) is 13.1 Å². The molecule has 1 saturated carbocycles. The Bertz CT molecular complexity index is 461. The van der Waals surface area contributed by atoms with Crippen LogP contribution in [0.4, 0.5) is 0 Å². The van der Waals surface area contributed by atoms with Crippen molar-refractivity contribution < 1.29 is 0 Å². The number of likely N-dealkylation sites (tertiary alicyclic amines) is 1. The smallest absolute Gasteiger partial charge is 0.00953 e. The van der Waals surface area contributed by atoms with Gasteiger partial charge < -0.3 is 4.90 Å². The molecule has 0 N–H and O–H groups in total. The number of aryl methyl sites for hydroxylation is 1. The summed E-state index contributed by atoms with van der Waals surface area (Å²) in [5.41, 5.74) is 3.33. The van der Waals surface area contributed by atoms with Crippen LogP contribution in [0.15, 0.2) is 24.3 Å². The second-order valence-corrected chi connectivity index (χ2v) is 7.18. The zero-order valence-electron chi connectivity index (χ0n) is 12.6. The van der Waals surface area contributed by atoms with E-state index in [1.165, 1.54) is 64.5 Å². The van der Waals surface area contributed by atoms with Crippen LogP contribution in [0.3, 0.4) is 0 Å². The fourth-order valence-corrected chi connectivity index (χ4v) is 5.00. The number of hydrogen-bond acceptors (Lipinski definition) is 1. The molecule has 1 saturated heterocycles. The van der Waals surface area contributed by atoms with E-state index in [-0.39, 0.29) is 0 Å². The van der Waals surface area contributed by atoms with Gasteiger partial charge in [-0.1, -0.05) is 43.5 Å². The maximum atomic E-state index is 2.86. The number of hydrogen-bond donors (Lipinski definition) is 0. The third kappa shape index (κ3) is 2.30. The minimum absolute atomic E-state index is 0.861. The van der Waals surface area contributed by atoms with Crippen molar-refractivity contribution in [1.29, 1.82) is 0 Å². The van der Waals surface area contributed by atoms with Gasteiger partial charge in [0.1, 0.15) is 0 Å². The summed E-state index contributed by atoms with van der Waals surface area (Å²) in [4.78, 5) is 2.86. The Morgan fingerprint density at radius 1 is 0.900 bits per heavy atom. The van der Waals surface area contributed by atoms with Crippen LogP contribution in [0.5, 0.6) is 0 Å². The quantitative estimate of drug-likeness (QED) is 0.731. The van der Waals surface area contributed by atoms with Crippen LogP contribution in [0.2, 0.25) is 0 Å². The van der Waals surface area contributed by atoms with E-state index >= 15 is 0 Å². The molecule has 2 aliphatic carbocycles. The van der Waals surface area contributed by atoms with Gasteiger partial charge in [-0.3, -0.25) is 0 Å². The molecule has 0 amide bonds. The molecule has 1 aromatic rings. The van der Waals surface area contributed by atoms with Gasteiger partial charge in [0.15, 0.2) is 0 Å².